The topological polar surface area (TPSA) is 93.4 Å². The number of nitrogens with one attached hydrogen (secondary N) is 2. The summed E-state index contributed by atoms with van der Waals surface area (Å²) in [5.74, 6) is 5.62. The number of hydrazine groups is 1. The number of ether oxygens (including phenoxy) is 1. The third-order valence-electron chi connectivity index (χ3n) is 2.74. The molecule has 6 nitrogen and oxygen atoms in total. The summed E-state index contributed by atoms with van der Waals surface area (Å²) in [7, 11) is -2.30. The van der Waals surface area contributed by atoms with Gasteiger partial charge in [-0.3, -0.25) is 10.6 Å². The number of methoxy groups -OCH3 is 1. The van der Waals surface area contributed by atoms with Gasteiger partial charge in [-0.05, 0) is 42.5 Å². The van der Waals surface area contributed by atoms with Crippen LogP contribution in [0.25, 0.3) is 0 Å². The highest BCUT2D eigenvalue weighted by Gasteiger charge is 2.16. The third kappa shape index (κ3) is 3.57. The van der Waals surface area contributed by atoms with Crippen molar-refractivity contribution in [1.29, 1.82) is 0 Å². The Balaban J connectivity index is 2.34. The Kier molecular flexibility index (Phi) is 4.56. The molecule has 0 saturated carbocycles. The second-order valence-electron chi connectivity index (χ2n) is 4.12. The summed E-state index contributed by atoms with van der Waals surface area (Å²) in [4.78, 5) is 0.100. The summed E-state index contributed by atoms with van der Waals surface area (Å²) in [5, 5.41) is 0.399. The van der Waals surface area contributed by atoms with Gasteiger partial charge in [0, 0.05) is 10.7 Å². The predicted molar refractivity (Wildman–Crippen MR) is 83.1 cm³/mol. The summed E-state index contributed by atoms with van der Waals surface area (Å²) < 4.78 is 32.2. The van der Waals surface area contributed by atoms with Crippen LogP contribution in [0.3, 0.4) is 0 Å². The van der Waals surface area contributed by atoms with Crippen LogP contribution in [-0.2, 0) is 10.0 Å². The Morgan fingerprint density at radius 3 is 2.38 bits per heavy atom. The lowest BCUT2D eigenvalue weighted by molar-refractivity contribution is 0.417. The van der Waals surface area contributed by atoms with Crippen molar-refractivity contribution in [3.05, 3.63) is 47.5 Å². The lowest BCUT2D eigenvalue weighted by Crippen LogP contribution is -2.14. The van der Waals surface area contributed by atoms with E-state index in [1.807, 2.05) is 0 Å². The quantitative estimate of drug-likeness (QED) is 0.579. The molecule has 21 heavy (non-hydrogen) atoms. The minimum atomic E-state index is -3.74. The first-order valence-electron chi connectivity index (χ1n) is 5.89. The molecule has 0 aliphatic rings. The lowest BCUT2D eigenvalue weighted by Gasteiger charge is -2.12. The van der Waals surface area contributed by atoms with E-state index in [-0.39, 0.29) is 10.6 Å². The predicted octanol–water partition coefficient (Wildman–Crippen LogP) is 2.43. The van der Waals surface area contributed by atoms with E-state index in [2.05, 4.69) is 10.1 Å². The molecule has 112 valence electrons. The normalized spacial score (nSPS) is 11.0. The van der Waals surface area contributed by atoms with Crippen LogP contribution in [0.15, 0.2) is 47.4 Å². The van der Waals surface area contributed by atoms with Crippen LogP contribution in [0.2, 0.25) is 5.02 Å². The molecule has 0 heterocycles. The summed E-state index contributed by atoms with van der Waals surface area (Å²) in [6, 6.07) is 10.7. The highest BCUT2D eigenvalue weighted by Crippen LogP contribution is 2.29. The van der Waals surface area contributed by atoms with Crippen molar-refractivity contribution < 1.29 is 13.2 Å². The lowest BCUT2D eigenvalue weighted by atomic mass is 10.3. The van der Waals surface area contributed by atoms with Crippen LogP contribution >= 0.6 is 11.6 Å². The van der Waals surface area contributed by atoms with Gasteiger partial charge in [-0.2, -0.15) is 0 Å². The molecule has 0 aliphatic carbocycles. The Labute approximate surface area is 127 Å². The van der Waals surface area contributed by atoms with Gasteiger partial charge in [0.1, 0.15) is 5.75 Å². The van der Waals surface area contributed by atoms with E-state index in [1.54, 1.807) is 24.3 Å². The molecule has 0 atom stereocenters. The summed E-state index contributed by atoms with van der Waals surface area (Å²) >= 11 is 5.88. The Hall–Kier alpha value is -1.96. The fraction of sp³-hybridized carbons (Fsp3) is 0.0769. The van der Waals surface area contributed by atoms with Crippen LogP contribution in [-0.4, -0.2) is 15.5 Å². The van der Waals surface area contributed by atoms with Gasteiger partial charge in [0.2, 0.25) is 0 Å². The summed E-state index contributed by atoms with van der Waals surface area (Å²) in [6.07, 6.45) is 0. The number of anilines is 2. The smallest absolute Gasteiger partial charge is 0.262 e. The molecule has 0 unspecified atom stereocenters. The zero-order valence-electron chi connectivity index (χ0n) is 11.1. The molecule has 0 bridgehead atoms. The van der Waals surface area contributed by atoms with Gasteiger partial charge < -0.3 is 10.2 Å². The highest BCUT2D eigenvalue weighted by atomic mass is 35.5. The van der Waals surface area contributed by atoms with Crippen LogP contribution in [0.4, 0.5) is 11.4 Å². The molecule has 0 radical (unpaired) electrons. The maximum atomic E-state index is 12.3. The molecule has 2 rings (SSSR count). The first-order valence-corrected chi connectivity index (χ1v) is 7.75. The third-order valence-corrected chi connectivity index (χ3v) is 4.35. The Morgan fingerprint density at radius 1 is 1.14 bits per heavy atom. The van der Waals surface area contributed by atoms with Gasteiger partial charge in [-0.15, -0.1) is 0 Å². The average molecular weight is 328 g/mol. The monoisotopic (exact) mass is 327 g/mol. The van der Waals surface area contributed by atoms with Crippen molar-refractivity contribution in [2.45, 2.75) is 4.90 Å². The second kappa shape index (κ2) is 6.21. The van der Waals surface area contributed by atoms with Crippen molar-refractivity contribution in [2.24, 2.45) is 5.84 Å². The van der Waals surface area contributed by atoms with E-state index in [0.29, 0.717) is 16.5 Å². The number of hydrogen-bond acceptors (Lipinski definition) is 5. The standard InChI is InChI=1S/C13H14ClN3O3S/c1-20-13-7-2-9(14)8-12(13)17-21(18,19)11-5-3-10(16-15)4-6-11/h2-8,16-17H,15H2,1H3. The van der Waals surface area contributed by atoms with Gasteiger partial charge in [0.05, 0.1) is 17.7 Å². The van der Waals surface area contributed by atoms with Gasteiger partial charge in [-0.1, -0.05) is 11.6 Å². The molecular weight excluding hydrogens is 314 g/mol. The van der Waals surface area contributed by atoms with E-state index in [9.17, 15) is 8.42 Å². The van der Waals surface area contributed by atoms with Crippen molar-refractivity contribution in [3.63, 3.8) is 0 Å². The molecular formula is C13H14ClN3O3S. The van der Waals surface area contributed by atoms with E-state index in [4.69, 9.17) is 22.2 Å². The largest absolute Gasteiger partial charge is 0.495 e. The number of benzene rings is 2. The Morgan fingerprint density at radius 2 is 1.81 bits per heavy atom. The Bertz CT molecular complexity index is 733. The SMILES string of the molecule is COc1ccc(Cl)cc1NS(=O)(=O)c1ccc(NN)cc1. The fourth-order valence-corrected chi connectivity index (χ4v) is 2.93. The molecule has 2 aromatic carbocycles. The average Bonchev–Trinajstić information content (AvgIpc) is 2.47. The number of rotatable bonds is 5. The number of hydrogen-bond donors (Lipinski definition) is 3. The molecule has 0 aromatic heterocycles. The van der Waals surface area contributed by atoms with Crippen molar-refractivity contribution in [1.82, 2.24) is 0 Å². The van der Waals surface area contributed by atoms with Gasteiger partial charge in [0.15, 0.2) is 0 Å². The summed E-state index contributed by atoms with van der Waals surface area (Å²) in [5.41, 5.74) is 3.30. The maximum Gasteiger partial charge on any atom is 0.262 e. The first kappa shape index (κ1) is 15.4. The number of halogens is 1. The molecule has 2 aromatic rings. The molecule has 8 heteroatoms. The first-order chi connectivity index (χ1) is 9.96. The van der Waals surface area contributed by atoms with Crippen molar-refractivity contribution >= 4 is 33.0 Å². The minimum absolute atomic E-state index is 0.100. The molecule has 0 saturated heterocycles. The fourth-order valence-electron chi connectivity index (χ4n) is 1.69. The van der Waals surface area contributed by atoms with Gasteiger partial charge >= 0.3 is 0 Å². The molecule has 0 spiro atoms. The summed E-state index contributed by atoms with van der Waals surface area (Å²) in [6.45, 7) is 0. The van der Waals surface area contributed by atoms with Crippen LogP contribution in [0.5, 0.6) is 5.75 Å². The molecule has 0 aliphatic heterocycles. The highest BCUT2D eigenvalue weighted by molar-refractivity contribution is 7.92. The van der Waals surface area contributed by atoms with Crippen LogP contribution < -0.4 is 20.7 Å². The molecule has 4 N–H and O–H groups in total. The number of nitrogen functional groups attached to an aromatic ring is 1. The zero-order valence-corrected chi connectivity index (χ0v) is 12.7. The van der Waals surface area contributed by atoms with Crippen LogP contribution in [0, 0.1) is 0 Å². The van der Waals surface area contributed by atoms with Crippen molar-refractivity contribution in [3.8, 4) is 5.75 Å². The van der Waals surface area contributed by atoms with Gasteiger partial charge in [0.25, 0.3) is 10.0 Å². The zero-order chi connectivity index (χ0) is 15.5. The van der Waals surface area contributed by atoms with Crippen molar-refractivity contribution in [2.75, 3.05) is 17.3 Å². The molecule has 0 fully saturated rings. The maximum absolute atomic E-state index is 12.3. The van der Waals surface area contributed by atoms with E-state index in [0.717, 1.165) is 0 Å². The van der Waals surface area contributed by atoms with E-state index >= 15 is 0 Å². The molecule has 0 amide bonds. The second-order valence-corrected chi connectivity index (χ2v) is 6.24. The number of sulfonamides is 1. The number of nitrogens with two attached hydrogens (primary N) is 1. The van der Waals surface area contributed by atoms with E-state index < -0.39 is 10.0 Å². The minimum Gasteiger partial charge on any atom is -0.495 e. The van der Waals surface area contributed by atoms with E-state index in [1.165, 1.54) is 25.3 Å². The van der Waals surface area contributed by atoms with Gasteiger partial charge in [-0.25, -0.2) is 8.42 Å². The van der Waals surface area contributed by atoms with Crippen LogP contribution in [0.1, 0.15) is 0 Å².